The quantitative estimate of drug-likeness (QED) is 0.200. The molecular formula is C35H38F2N8O4. The van der Waals surface area contributed by atoms with E-state index in [0.717, 1.165) is 55.7 Å². The molecule has 3 atom stereocenters. The number of benzene rings is 3. The van der Waals surface area contributed by atoms with Crippen LogP contribution in [0.15, 0.2) is 90.5 Å². The van der Waals surface area contributed by atoms with Gasteiger partial charge in [-0.25, -0.2) is 32.5 Å². The molecule has 0 unspecified atom stereocenters. The molecule has 2 aliphatic rings. The zero-order valence-electron chi connectivity index (χ0n) is 27.4. The van der Waals surface area contributed by atoms with E-state index >= 15 is 0 Å². The molecule has 2 aromatic heterocycles. The zero-order valence-corrected chi connectivity index (χ0v) is 27.4. The molecule has 0 radical (unpaired) electrons. The average molecular weight is 673 g/mol. The second kappa shape index (κ2) is 13.8. The van der Waals surface area contributed by atoms with Crippen LogP contribution in [0.25, 0.3) is 5.69 Å². The third kappa shape index (κ3) is 6.78. The number of anilines is 2. The van der Waals surface area contributed by atoms with Crippen LogP contribution in [0.3, 0.4) is 0 Å². The maximum atomic E-state index is 14.9. The van der Waals surface area contributed by atoms with Crippen LogP contribution >= 0.6 is 0 Å². The Hall–Kier alpha value is -5.08. The van der Waals surface area contributed by atoms with Gasteiger partial charge in [0.15, 0.2) is 0 Å². The van der Waals surface area contributed by atoms with Crippen LogP contribution in [0.5, 0.6) is 5.75 Å². The van der Waals surface area contributed by atoms with Crippen LogP contribution in [0.2, 0.25) is 0 Å². The number of piperazine rings is 1. The minimum absolute atomic E-state index is 0.0334. The first-order chi connectivity index (χ1) is 23.8. The third-order valence-corrected chi connectivity index (χ3v) is 9.15. The molecule has 2 saturated heterocycles. The monoisotopic (exact) mass is 672 g/mol. The van der Waals surface area contributed by atoms with Gasteiger partial charge >= 0.3 is 5.69 Å². The summed E-state index contributed by atoms with van der Waals surface area (Å²) >= 11 is 0. The Balaban J connectivity index is 0.925. The first-order valence-corrected chi connectivity index (χ1v) is 16.4. The van der Waals surface area contributed by atoms with Crippen LogP contribution in [-0.2, 0) is 21.8 Å². The lowest BCUT2D eigenvalue weighted by Gasteiger charge is -2.37. The van der Waals surface area contributed by atoms with Crippen molar-refractivity contribution in [2.24, 2.45) is 0 Å². The summed E-state index contributed by atoms with van der Waals surface area (Å²) in [7, 11) is 0. The highest BCUT2D eigenvalue weighted by Gasteiger charge is 2.46. The molecule has 0 amide bonds. The fourth-order valence-corrected chi connectivity index (χ4v) is 6.24. The van der Waals surface area contributed by atoms with Gasteiger partial charge in [-0.2, -0.15) is 10.2 Å². The Morgan fingerprint density at radius 3 is 2.22 bits per heavy atom. The lowest BCUT2D eigenvalue weighted by atomic mass is 10.0. The van der Waals surface area contributed by atoms with Crippen molar-refractivity contribution in [3.8, 4) is 11.4 Å². The van der Waals surface area contributed by atoms with Crippen molar-refractivity contribution in [1.29, 1.82) is 0 Å². The van der Waals surface area contributed by atoms with Gasteiger partial charge in [0.1, 0.15) is 55.6 Å². The maximum Gasteiger partial charge on any atom is 0.350 e. The minimum atomic E-state index is -1.51. The highest BCUT2D eigenvalue weighted by atomic mass is 19.1. The van der Waals surface area contributed by atoms with Crippen molar-refractivity contribution >= 4 is 11.4 Å². The minimum Gasteiger partial charge on any atom is -0.491 e. The zero-order chi connectivity index (χ0) is 34.0. The van der Waals surface area contributed by atoms with Crippen LogP contribution in [-0.4, -0.2) is 74.6 Å². The molecular weight excluding hydrogens is 634 g/mol. The first-order valence-electron chi connectivity index (χ1n) is 16.4. The van der Waals surface area contributed by atoms with Gasteiger partial charge in [0.05, 0.1) is 18.3 Å². The van der Waals surface area contributed by atoms with Crippen LogP contribution in [0, 0.1) is 11.6 Å². The summed E-state index contributed by atoms with van der Waals surface area (Å²) in [6, 6.07) is 19.3. The Kier molecular flexibility index (Phi) is 9.15. The summed E-state index contributed by atoms with van der Waals surface area (Å²) in [6.07, 6.45) is 4.77. The van der Waals surface area contributed by atoms with E-state index in [1.165, 1.54) is 34.2 Å². The van der Waals surface area contributed by atoms with E-state index in [1.54, 1.807) is 10.9 Å². The van der Waals surface area contributed by atoms with E-state index in [0.29, 0.717) is 5.75 Å². The molecule has 5 aromatic rings. The average Bonchev–Trinajstić information content (AvgIpc) is 3.88. The van der Waals surface area contributed by atoms with Gasteiger partial charge < -0.3 is 24.0 Å². The summed E-state index contributed by atoms with van der Waals surface area (Å²) in [4.78, 5) is 21.4. The number of hydrogen-bond donors (Lipinski definition) is 0. The van der Waals surface area contributed by atoms with Gasteiger partial charge in [-0.05, 0) is 74.0 Å². The molecule has 12 nitrogen and oxygen atoms in total. The first kappa shape index (κ1) is 32.5. The summed E-state index contributed by atoms with van der Waals surface area (Å²) in [5.41, 5.74) is 2.95. The normalized spacial score (nSPS) is 20.1. The topological polar surface area (TPSA) is 105 Å². The van der Waals surface area contributed by atoms with Crippen LogP contribution < -0.4 is 20.2 Å². The van der Waals surface area contributed by atoms with E-state index in [2.05, 4.69) is 37.1 Å². The van der Waals surface area contributed by atoms with Crippen molar-refractivity contribution in [3.63, 3.8) is 0 Å². The number of rotatable bonds is 11. The van der Waals surface area contributed by atoms with Crippen molar-refractivity contribution in [3.05, 3.63) is 113 Å². The number of halogens is 2. The van der Waals surface area contributed by atoms with Crippen molar-refractivity contribution in [1.82, 2.24) is 29.1 Å². The molecule has 49 heavy (non-hydrogen) atoms. The van der Waals surface area contributed by atoms with Gasteiger partial charge in [-0.15, -0.1) is 0 Å². The Morgan fingerprint density at radius 2 is 1.59 bits per heavy atom. The molecule has 2 aliphatic heterocycles. The Morgan fingerprint density at radius 1 is 0.918 bits per heavy atom. The van der Waals surface area contributed by atoms with Crippen molar-refractivity contribution in [2.75, 3.05) is 49.2 Å². The van der Waals surface area contributed by atoms with Crippen LogP contribution in [0.1, 0.15) is 31.9 Å². The molecule has 7 rings (SSSR count). The third-order valence-electron chi connectivity index (χ3n) is 9.15. The van der Waals surface area contributed by atoms with E-state index in [9.17, 15) is 13.6 Å². The largest absolute Gasteiger partial charge is 0.491 e. The fourth-order valence-electron chi connectivity index (χ4n) is 6.24. The van der Waals surface area contributed by atoms with Crippen LogP contribution in [0.4, 0.5) is 20.2 Å². The van der Waals surface area contributed by atoms with E-state index in [4.69, 9.17) is 14.2 Å². The lowest BCUT2D eigenvalue weighted by molar-refractivity contribution is -0.192. The SMILES string of the molecule is CC[C@H](C)n1ncn(-c2ccc(N3CCN(c4ccc(OC[C@H]5CO[C@](Cn6cncn6)(c6ccc(F)cc6F)O5)cc4)CC3)cc2)c1=O. The summed E-state index contributed by atoms with van der Waals surface area (Å²) < 4.78 is 51.4. The molecule has 256 valence electrons. The van der Waals surface area contributed by atoms with Crippen molar-refractivity contribution in [2.45, 2.75) is 44.7 Å². The second-order valence-electron chi connectivity index (χ2n) is 12.3. The van der Waals surface area contributed by atoms with Gasteiger partial charge in [-0.3, -0.25) is 0 Å². The summed E-state index contributed by atoms with van der Waals surface area (Å²) in [5.74, 6) is -2.30. The number of ether oxygens (including phenoxy) is 3. The predicted octanol–water partition coefficient (Wildman–Crippen LogP) is 4.55. The smallest absolute Gasteiger partial charge is 0.350 e. The van der Waals surface area contributed by atoms with E-state index in [1.807, 2.05) is 50.2 Å². The highest BCUT2D eigenvalue weighted by molar-refractivity contribution is 5.54. The molecule has 0 bridgehead atoms. The lowest BCUT2D eigenvalue weighted by Crippen LogP contribution is -2.46. The Labute approximate surface area is 282 Å². The molecule has 0 saturated carbocycles. The highest BCUT2D eigenvalue weighted by Crippen LogP contribution is 2.38. The van der Waals surface area contributed by atoms with Crippen molar-refractivity contribution < 1.29 is 23.0 Å². The van der Waals surface area contributed by atoms with Gasteiger partial charge in [-0.1, -0.05) is 6.92 Å². The standard InChI is InChI=1S/C35H38F2N8O4/c1-3-25(2)45-34(46)44(24-40-45)29-7-5-27(6-8-29)41-14-16-42(17-15-41)28-9-11-30(12-10-28)47-19-31-20-48-35(49-31,21-43-23-38-22-39-43)32-13-4-26(36)18-33(32)37/h4-13,18,22-25,31H,3,14-17,19-21H2,1-2H3/t25-,31-,35-/m0/s1. The van der Waals surface area contributed by atoms with Gasteiger partial charge in [0.2, 0.25) is 5.79 Å². The molecule has 0 spiro atoms. The molecule has 2 fully saturated rings. The van der Waals surface area contributed by atoms with Gasteiger partial charge in [0, 0.05) is 49.2 Å². The molecule has 0 aliphatic carbocycles. The Bertz CT molecular complexity index is 1910. The number of nitrogens with zero attached hydrogens (tertiary/aromatic N) is 8. The van der Waals surface area contributed by atoms with E-state index < -0.39 is 23.5 Å². The molecule has 3 aromatic carbocycles. The predicted molar refractivity (Wildman–Crippen MR) is 178 cm³/mol. The number of aromatic nitrogens is 6. The second-order valence-corrected chi connectivity index (χ2v) is 12.3. The maximum absolute atomic E-state index is 14.9. The summed E-state index contributed by atoms with van der Waals surface area (Å²) in [6.45, 7) is 7.80. The van der Waals surface area contributed by atoms with Gasteiger partial charge in [0.25, 0.3) is 0 Å². The fraction of sp³-hybridized carbons (Fsp3) is 0.371. The summed E-state index contributed by atoms with van der Waals surface area (Å²) in [5, 5.41) is 8.39. The molecule has 0 N–H and O–H groups in total. The molecule has 4 heterocycles. The molecule has 14 heteroatoms. The number of hydrogen-bond acceptors (Lipinski definition) is 9. The van der Waals surface area contributed by atoms with E-state index in [-0.39, 0.29) is 37.1 Å².